The van der Waals surface area contributed by atoms with Crippen LogP contribution in [0.25, 0.3) is 10.2 Å². The minimum Gasteiger partial charge on any atom is -0.493 e. The van der Waals surface area contributed by atoms with Gasteiger partial charge >= 0.3 is 0 Å². The molecule has 1 aromatic heterocycles. The summed E-state index contributed by atoms with van der Waals surface area (Å²) in [4.78, 5) is 17.4. The van der Waals surface area contributed by atoms with Crippen LogP contribution in [-0.2, 0) is 18.3 Å². The highest BCUT2D eigenvalue weighted by molar-refractivity contribution is 7.16. The fourth-order valence-corrected chi connectivity index (χ4v) is 3.92. The van der Waals surface area contributed by atoms with Crippen molar-refractivity contribution in [1.29, 1.82) is 0 Å². The number of methoxy groups -OCH3 is 4. The van der Waals surface area contributed by atoms with Gasteiger partial charge in [0, 0.05) is 19.2 Å². The van der Waals surface area contributed by atoms with Gasteiger partial charge in [-0.3, -0.25) is 4.79 Å². The predicted octanol–water partition coefficient (Wildman–Crippen LogP) is 2.94. The molecular weight excluding hydrogens is 380 g/mol. The van der Waals surface area contributed by atoms with Crippen LogP contribution in [-0.4, -0.2) is 38.9 Å². The maximum absolute atomic E-state index is 12.5. The average molecular weight is 402 g/mol. The zero-order valence-corrected chi connectivity index (χ0v) is 17.3. The summed E-state index contributed by atoms with van der Waals surface area (Å²) in [7, 11) is 8.19. The Hall–Kier alpha value is -3.00. The van der Waals surface area contributed by atoms with Crippen molar-refractivity contribution in [2.75, 3.05) is 28.4 Å². The maximum atomic E-state index is 12.5. The van der Waals surface area contributed by atoms with Crippen LogP contribution in [0.5, 0.6) is 23.0 Å². The first-order valence-corrected chi connectivity index (χ1v) is 9.32. The van der Waals surface area contributed by atoms with Crippen molar-refractivity contribution in [3.8, 4) is 23.0 Å². The monoisotopic (exact) mass is 402 g/mol. The first kappa shape index (κ1) is 19.8. The zero-order valence-electron chi connectivity index (χ0n) is 16.4. The van der Waals surface area contributed by atoms with Gasteiger partial charge in [0.25, 0.3) is 5.91 Å². The van der Waals surface area contributed by atoms with Gasteiger partial charge < -0.3 is 23.5 Å². The van der Waals surface area contributed by atoms with E-state index in [1.807, 2.05) is 29.8 Å². The molecule has 0 fully saturated rings. The lowest BCUT2D eigenvalue weighted by Gasteiger charge is -2.08. The minimum atomic E-state index is -0.242. The van der Waals surface area contributed by atoms with Crippen molar-refractivity contribution in [2.45, 2.75) is 6.42 Å². The normalized spacial score (nSPS) is 11.5. The number of carbonyl (C=O) groups excluding carboxylic acids is 1. The van der Waals surface area contributed by atoms with Crippen LogP contribution in [0.15, 0.2) is 35.3 Å². The van der Waals surface area contributed by atoms with Crippen LogP contribution >= 0.6 is 11.3 Å². The number of fused-ring (bicyclic) bond motifs is 1. The standard InChI is InChI=1S/C20H22N2O5S/c1-22-13-10-16(26-4)17(27-5)11-18(13)28-20(22)21-19(23)9-12-6-7-14(24-2)15(8-12)25-3/h6-8,10-11H,9H2,1-5H3. The van der Waals surface area contributed by atoms with Crippen LogP contribution in [0.3, 0.4) is 0 Å². The SMILES string of the molecule is COc1ccc(CC(=O)N=c2sc3cc(OC)c(OC)cc3n2C)cc1OC. The third-order valence-electron chi connectivity index (χ3n) is 4.34. The molecule has 0 saturated carbocycles. The van der Waals surface area contributed by atoms with Crippen molar-refractivity contribution in [1.82, 2.24) is 4.57 Å². The van der Waals surface area contributed by atoms with Gasteiger partial charge in [0.1, 0.15) is 0 Å². The van der Waals surface area contributed by atoms with Gasteiger partial charge in [-0.25, -0.2) is 0 Å². The Morgan fingerprint density at radius 2 is 1.54 bits per heavy atom. The minimum absolute atomic E-state index is 0.168. The van der Waals surface area contributed by atoms with Crippen molar-refractivity contribution < 1.29 is 23.7 Å². The molecule has 1 amide bonds. The molecule has 0 atom stereocenters. The van der Waals surface area contributed by atoms with E-state index in [-0.39, 0.29) is 12.3 Å². The highest BCUT2D eigenvalue weighted by Gasteiger charge is 2.12. The Kier molecular flexibility index (Phi) is 5.89. The molecule has 2 aromatic carbocycles. The first-order chi connectivity index (χ1) is 13.5. The Labute approximate surface area is 166 Å². The molecular formula is C20H22N2O5S. The van der Waals surface area contributed by atoms with E-state index < -0.39 is 0 Å². The summed E-state index contributed by atoms with van der Waals surface area (Å²) in [5, 5.41) is 0. The molecule has 0 aliphatic heterocycles. The summed E-state index contributed by atoms with van der Waals surface area (Å²) >= 11 is 1.42. The van der Waals surface area contributed by atoms with Gasteiger partial charge in [-0.15, -0.1) is 0 Å². The zero-order chi connectivity index (χ0) is 20.3. The molecule has 0 bridgehead atoms. The smallest absolute Gasteiger partial charge is 0.252 e. The fraction of sp³-hybridized carbons (Fsp3) is 0.300. The second-order valence-corrected chi connectivity index (χ2v) is 7.00. The molecule has 3 rings (SSSR count). The van der Waals surface area contributed by atoms with Gasteiger partial charge in [-0.2, -0.15) is 4.99 Å². The van der Waals surface area contributed by atoms with Gasteiger partial charge in [0.15, 0.2) is 27.8 Å². The molecule has 8 heteroatoms. The molecule has 0 N–H and O–H groups in total. The number of hydrogen-bond acceptors (Lipinski definition) is 6. The Morgan fingerprint density at radius 3 is 2.18 bits per heavy atom. The number of aromatic nitrogens is 1. The fourth-order valence-electron chi connectivity index (χ4n) is 2.87. The highest BCUT2D eigenvalue weighted by Crippen LogP contribution is 2.33. The van der Waals surface area contributed by atoms with Crippen LogP contribution in [0.4, 0.5) is 0 Å². The van der Waals surface area contributed by atoms with E-state index in [0.717, 1.165) is 15.8 Å². The molecule has 0 radical (unpaired) electrons. The molecule has 7 nitrogen and oxygen atoms in total. The van der Waals surface area contributed by atoms with Crippen molar-refractivity contribution in [3.63, 3.8) is 0 Å². The van der Waals surface area contributed by atoms with E-state index in [1.54, 1.807) is 40.6 Å². The van der Waals surface area contributed by atoms with Gasteiger partial charge in [0.05, 0.1) is 45.1 Å². The van der Waals surface area contributed by atoms with Crippen molar-refractivity contribution in [2.24, 2.45) is 12.0 Å². The number of nitrogens with zero attached hydrogens (tertiary/aromatic N) is 2. The number of carbonyl (C=O) groups is 1. The third-order valence-corrected chi connectivity index (χ3v) is 5.43. The number of aryl methyl sites for hydroxylation is 1. The molecule has 0 aliphatic rings. The topological polar surface area (TPSA) is 71.3 Å². The lowest BCUT2D eigenvalue weighted by Crippen LogP contribution is -2.14. The van der Waals surface area contributed by atoms with Crippen LogP contribution in [0.1, 0.15) is 5.56 Å². The van der Waals surface area contributed by atoms with Crippen LogP contribution < -0.4 is 23.7 Å². The lowest BCUT2D eigenvalue weighted by molar-refractivity contribution is -0.117. The summed E-state index contributed by atoms with van der Waals surface area (Å²) in [5.41, 5.74) is 1.72. The van der Waals surface area contributed by atoms with E-state index >= 15 is 0 Å². The van der Waals surface area contributed by atoms with E-state index in [1.165, 1.54) is 11.3 Å². The molecule has 0 aliphatic carbocycles. The van der Waals surface area contributed by atoms with Gasteiger partial charge in [-0.1, -0.05) is 17.4 Å². The average Bonchev–Trinajstić information content (AvgIpc) is 3.01. The number of rotatable bonds is 6. The molecule has 28 heavy (non-hydrogen) atoms. The number of amides is 1. The maximum Gasteiger partial charge on any atom is 0.252 e. The summed E-state index contributed by atoms with van der Waals surface area (Å²) in [5.74, 6) is 2.23. The molecule has 0 unspecified atom stereocenters. The second-order valence-electron chi connectivity index (χ2n) is 5.99. The van der Waals surface area contributed by atoms with Crippen LogP contribution in [0, 0.1) is 0 Å². The van der Waals surface area contributed by atoms with E-state index in [0.29, 0.717) is 27.8 Å². The summed E-state index contributed by atoms with van der Waals surface area (Å²) in [6, 6.07) is 9.15. The summed E-state index contributed by atoms with van der Waals surface area (Å²) in [6.07, 6.45) is 0.168. The molecule has 3 aromatic rings. The number of ether oxygens (including phenoxy) is 4. The molecule has 0 saturated heterocycles. The van der Waals surface area contributed by atoms with Gasteiger partial charge in [-0.05, 0) is 17.7 Å². The molecule has 1 heterocycles. The van der Waals surface area contributed by atoms with E-state index in [2.05, 4.69) is 4.99 Å². The summed E-state index contributed by atoms with van der Waals surface area (Å²) < 4.78 is 24.0. The molecule has 0 spiro atoms. The third kappa shape index (κ3) is 3.82. The van der Waals surface area contributed by atoms with E-state index in [4.69, 9.17) is 18.9 Å². The quantitative estimate of drug-likeness (QED) is 0.634. The highest BCUT2D eigenvalue weighted by atomic mass is 32.1. The largest absolute Gasteiger partial charge is 0.493 e. The first-order valence-electron chi connectivity index (χ1n) is 8.50. The Balaban J connectivity index is 1.93. The van der Waals surface area contributed by atoms with Crippen LogP contribution in [0.2, 0.25) is 0 Å². The molecule has 148 valence electrons. The van der Waals surface area contributed by atoms with Gasteiger partial charge in [0.2, 0.25) is 0 Å². The number of benzene rings is 2. The second kappa shape index (κ2) is 8.35. The van der Waals surface area contributed by atoms with E-state index in [9.17, 15) is 4.79 Å². The number of thiazole rings is 1. The Bertz CT molecular complexity index is 1080. The predicted molar refractivity (Wildman–Crippen MR) is 108 cm³/mol. The summed E-state index contributed by atoms with van der Waals surface area (Å²) in [6.45, 7) is 0. The van der Waals surface area contributed by atoms with Crippen molar-refractivity contribution in [3.05, 3.63) is 40.7 Å². The lowest BCUT2D eigenvalue weighted by atomic mass is 10.1. The Morgan fingerprint density at radius 1 is 0.929 bits per heavy atom. The van der Waals surface area contributed by atoms with Crippen molar-refractivity contribution >= 4 is 27.5 Å². The number of hydrogen-bond donors (Lipinski definition) is 0.